The van der Waals surface area contributed by atoms with Gasteiger partial charge in [-0.3, -0.25) is 14.3 Å². The van der Waals surface area contributed by atoms with Crippen molar-refractivity contribution in [3.8, 4) is 5.75 Å². The maximum absolute atomic E-state index is 12.9. The number of pyridine rings is 1. The van der Waals surface area contributed by atoms with E-state index in [1.807, 2.05) is 10.9 Å². The van der Waals surface area contributed by atoms with Crippen molar-refractivity contribution in [2.45, 2.75) is 37.9 Å². The summed E-state index contributed by atoms with van der Waals surface area (Å²) in [6, 6.07) is 6.48. The van der Waals surface area contributed by atoms with Gasteiger partial charge in [0.25, 0.3) is 5.91 Å². The number of methoxy groups -OCH3 is 2. The molecule has 34 heavy (non-hydrogen) atoms. The number of ether oxygens (including phenoxy) is 2. The highest BCUT2D eigenvalue weighted by atomic mass is 19.4. The first kappa shape index (κ1) is 23.5. The van der Waals surface area contributed by atoms with Crippen molar-refractivity contribution < 1.29 is 32.2 Å². The quantitative estimate of drug-likeness (QED) is 0.540. The van der Waals surface area contributed by atoms with Gasteiger partial charge < -0.3 is 14.8 Å². The Morgan fingerprint density at radius 1 is 1.12 bits per heavy atom. The lowest BCUT2D eigenvalue weighted by molar-refractivity contribution is -0.146. The number of hydrogen-bond acceptors (Lipinski definition) is 6. The first-order valence-electron chi connectivity index (χ1n) is 10.7. The molecule has 0 radical (unpaired) electrons. The number of carbonyl (C=O) groups is 2. The summed E-state index contributed by atoms with van der Waals surface area (Å²) in [6.45, 7) is 0. The SMILES string of the molecule is COc1cc(NC(=O)c2cccc(C(F)(F)F)n2)cc2cn([C@H]3CC[C@H](C(=O)OC)CC3)nc12. The van der Waals surface area contributed by atoms with Gasteiger partial charge in [-0.1, -0.05) is 6.07 Å². The van der Waals surface area contributed by atoms with Gasteiger partial charge >= 0.3 is 12.1 Å². The Bertz CT molecular complexity index is 1220. The number of fused-ring (bicyclic) bond motifs is 1. The lowest BCUT2D eigenvalue weighted by Crippen LogP contribution is -2.24. The van der Waals surface area contributed by atoms with E-state index in [0.717, 1.165) is 25.0 Å². The molecule has 0 spiro atoms. The Balaban J connectivity index is 1.55. The molecule has 8 nitrogen and oxygen atoms in total. The van der Waals surface area contributed by atoms with Crippen molar-refractivity contribution in [2.75, 3.05) is 19.5 Å². The third-order valence-electron chi connectivity index (χ3n) is 5.95. The van der Waals surface area contributed by atoms with Crippen molar-refractivity contribution >= 4 is 28.5 Å². The van der Waals surface area contributed by atoms with E-state index >= 15 is 0 Å². The number of benzene rings is 1. The Morgan fingerprint density at radius 3 is 2.50 bits per heavy atom. The van der Waals surface area contributed by atoms with Crippen molar-refractivity contribution in [3.63, 3.8) is 0 Å². The number of alkyl halides is 3. The molecule has 2 heterocycles. The number of halogens is 3. The van der Waals surface area contributed by atoms with Crippen LogP contribution in [0.1, 0.15) is 47.9 Å². The molecule has 0 unspecified atom stereocenters. The number of nitrogens with one attached hydrogen (secondary N) is 1. The molecule has 1 saturated carbocycles. The van der Waals surface area contributed by atoms with Gasteiger partial charge in [0.1, 0.15) is 22.7 Å². The van der Waals surface area contributed by atoms with E-state index in [0.29, 0.717) is 35.2 Å². The molecule has 4 rings (SSSR count). The minimum Gasteiger partial charge on any atom is -0.494 e. The second-order valence-corrected chi connectivity index (χ2v) is 8.11. The van der Waals surface area contributed by atoms with E-state index in [2.05, 4.69) is 15.4 Å². The number of aromatic nitrogens is 3. The number of rotatable bonds is 5. The lowest BCUT2D eigenvalue weighted by Gasteiger charge is -2.27. The molecular formula is C23H23F3N4O4. The number of esters is 1. The minimum atomic E-state index is -4.65. The number of nitrogens with zero attached hydrogens (tertiary/aromatic N) is 3. The molecule has 2 aromatic heterocycles. The molecule has 1 N–H and O–H groups in total. The molecule has 1 aromatic carbocycles. The minimum absolute atomic E-state index is 0.102. The van der Waals surface area contributed by atoms with Crippen LogP contribution < -0.4 is 10.1 Å². The van der Waals surface area contributed by atoms with Gasteiger partial charge in [0, 0.05) is 23.3 Å². The monoisotopic (exact) mass is 476 g/mol. The van der Waals surface area contributed by atoms with Crippen LogP contribution in [0.4, 0.5) is 18.9 Å². The molecule has 180 valence electrons. The normalized spacial score (nSPS) is 18.5. The molecular weight excluding hydrogens is 453 g/mol. The molecule has 0 bridgehead atoms. The van der Waals surface area contributed by atoms with Crippen LogP contribution in [0.2, 0.25) is 0 Å². The lowest BCUT2D eigenvalue weighted by atomic mass is 9.86. The number of anilines is 1. The Kier molecular flexibility index (Phi) is 6.45. The topological polar surface area (TPSA) is 95.3 Å². The van der Waals surface area contributed by atoms with Gasteiger partial charge in [-0.15, -0.1) is 0 Å². The average molecular weight is 476 g/mol. The molecule has 1 amide bonds. The Hall–Kier alpha value is -3.63. The molecule has 11 heteroatoms. The van der Waals surface area contributed by atoms with Crippen LogP contribution in [0.5, 0.6) is 5.75 Å². The maximum Gasteiger partial charge on any atom is 0.433 e. The third kappa shape index (κ3) is 4.82. The van der Waals surface area contributed by atoms with Crippen LogP contribution >= 0.6 is 0 Å². The van der Waals surface area contributed by atoms with Crippen LogP contribution in [-0.4, -0.2) is 40.9 Å². The summed E-state index contributed by atoms with van der Waals surface area (Å²) in [4.78, 5) is 27.7. The molecule has 1 aliphatic rings. The van der Waals surface area contributed by atoms with E-state index in [1.54, 1.807) is 12.1 Å². The van der Waals surface area contributed by atoms with Gasteiger partial charge in [0.05, 0.1) is 26.2 Å². The largest absolute Gasteiger partial charge is 0.494 e. The van der Waals surface area contributed by atoms with E-state index in [4.69, 9.17) is 9.47 Å². The highest BCUT2D eigenvalue weighted by Crippen LogP contribution is 2.35. The molecule has 0 atom stereocenters. The van der Waals surface area contributed by atoms with Crippen LogP contribution in [0.25, 0.3) is 10.9 Å². The van der Waals surface area contributed by atoms with Crippen LogP contribution in [-0.2, 0) is 15.7 Å². The summed E-state index contributed by atoms with van der Waals surface area (Å²) < 4.78 is 50.9. The standard InChI is InChI=1S/C23H23F3N4O4/c1-33-18-11-15(27-21(31)17-4-3-5-19(28-17)23(24,25)26)10-14-12-30(29-20(14)18)16-8-6-13(7-9-16)22(32)34-2/h3-5,10-13,16H,6-9H2,1-2H3,(H,27,31)/t13-,16-. The Labute approximate surface area is 193 Å². The van der Waals surface area contributed by atoms with Crippen molar-refractivity contribution in [1.82, 2.24) is 14.8 Å². The highest BCUT2D eigenvalue weighted by Gasteiger charge is 2.33. The van der Waals surface area contributed by atoms with Gasteiger partial charge in [0.15, 0.2) is 0 Å². The average Bonchev–Trinajstić information content (AvgIpc) is 3.27. The Morgan fingerprint density at radius 2 is 1.85 bits per heavy atom. The first-order chi connectivity index (χ1) is 16.2. The van der Waals surface area contributed by atoms with Crippen molar-refractivity contribution in [3.05, 3.63) is 47.9 Å². The van der Waals surface area contributed by atoms with Crippen LogP contribution in [0.3, 0.4) is 0 Å². The number of carbonyl (C=O) groups excluding carboxylic acids is 2. The zero-order chi connectivity index (χ0) is 24.5. The van der Waals surface area contributed by atoms with E-state index < -0.39 is 17.8 Å². The first-order valence-corrected chi connectivity index (χ1v) is 10.7. The smallest absolute Gasteiger partial charge is 0.433 e. The summed E-state index contributed by atoms with van der Waals surface area (Å²) in [5, 5.41) is 7.92. The second kappa shape index (κ2) is 9.32. The number of amides is 1. The summed E-state index contributed by atoms with van der Waals surface area (Å²) >= 11 is 0. The fourth-order valence-electron chi connectivity index (χ4n) is 4.19. The van der Waals surface area contributed by atoms with Crippen LogP contribution in [0, 0.1) is 5.92 Å². The van der Waals surface area contributed by atoms with Gasteiger partial charge in [-0.05, 0) is 43.9 Å². The highest BCUT2D eigenvalue weighted by molar-refractivity contribution is 6.04. The molecule has 1 fully saturated rings. The predicted octanol–water partition coefficient (Wildman–Crippen LogP) is 4.62. The molecule has 0 saturated heterocycles. The van der Waals surface area contributed by atoms with Crippen LogP contribution in [0.15, 0.2) is 36.5 Å². The predicted molar refractivity (Wildman–Crippen MR) is 116 cm³/mol. The molecule has 1 aliphatic carbocycles. The summed E-state index contributed by atoms with van der Waals surface area (Å²) in [5.41, 5.74) is -0.571. The summed E-state index contributed by atoms with van der Waals surface area (Å²) in [6.07, 6.45) is 0.121. The van der Waals surface area contributed by atoms with Gasteiger partial charge in [0.2, 0.25) is 0 Å². The van der Waals surface area contributed by atoms with Gasteiger partial charge in [-0.2, -0.15) is 18.3 Å². The van der Waals surface area contributed by atoms with E-state index in [9.17, 15) is 22.8 Å². The van der Waals surface area contributed by atoms with Crippen molar-refractivity contribution in [1.29, 1.82) is 0 Å². The van der Waals surface area contributed by atoms with E-state index in [1.165, 1.54) is 20.3 Å². The number of hydrogen-bond donors (Lipinski definition) is 1. The van der Waals surface area contributed by atoms with E-state index in [-0.39, 0.29) is 23.6 Å². The zero-order valence-electron chi connectivity index (χ0n) is 18.6. The van der Waals surface area contributed by atoms with Gasteiger partial charge in [-0.25, -0.2) is 4.98 Å². The molecule has 0 aliphatic heterocycles. The summed E-state index contributed by atoms with van der Waals surface area (Å²) in [7, 11) is 2.86. The fraction of sp³-hybridized carbons (Fsp3) is 0.391. The zero-order valence-corrected chi connectivity index (χ0v) is 18.6. The maximum atomic E-state index is 12.9. The molecule has 3 aromatic rings. The van der Waals surface area contributed by atoms with Crippen molar-refractivity contribution in [2.24, 2.45) is 5.92 Å². The second-order valence-electron chi connectivity index (χ2n) is 8.11. The third-order valence-corrected chi connectivity index (χ3v) is 5.95. The summed E-state index contributed by atoms with van der Waals surface area (Å²) in [5.74, 6) is -0.666. The fourth-order valence-corrected chi connectivity index (χ4v) is 4.19.